The van der Waals surface area contributed by atoms with Crippen molar-refractivity contribution in [2.24, 2.45) is 0 Å². The van der Waals surface area contributed by atoms with Gasteiger partial charge in [-0.05, 0) is 62.2 Å². The molecule has 2 atom stereocenters. The van der Waals surface area contributed by atoms with Gasteiger partial charge in [0.1, 0.15) is 23.3 Å². The lowest BCUT2D eigenvalue weighted by Gasteiger charge is -2.24. The van der Waals surface area contributed by atoms with Crippen LogP contribution in [0.4, 0.5) is 31.0 Å². The van der Waals surface area contributed by atoms with Crippen molar-refractivity contribution in [2.45, 2.75) is 57.3 Å². The highest BCUT2D eigenvalue weighted by Crippen LogP contribution is 2.27. The minimum absolute atomic E-state index is 0.00721. The van der Waals surface area contributed by atoms with Crippen molar-refractivity contribution < 1.29 is 36.3 Å². The van der Waals surface area contributed by atoms with Crippen molar-refractivity contribution >= 4 is 39.5 Å². The Morgan fingerprint density at radius 1 is 1.00 bits per heavy atom. The Labute approximate surface area is 261 Å². The van der Waals surface area contributed by atoms with Crippen LogP contribution >= 0.6 is 0 Å². The number of alkyl halides is 1. The molecular weight excluding hydrogens is 610 g/mol. The molecule has 0 saturated carbocycles. The minimum Gasteiger partial charge on any atom is -0.430 e. The lowest BCUT2D eigenvalue weighted by molar-refractivity contribution is -0.159. The largest absolute Gasteiger partial charge is 0.430 e. The maximum absolute atomic E-state index is 14.4. The van der Waals surface area contributed by atoms with Crippen molar-refractivity contribution in [3.63, 3.8) is 0 Å². The van der Waals surface area contributed by atoms with Gasteiger partial charge in [0.15, 0.2) is 5.82 Å². The van der Waals surface area contributed by atoms with Crippen LogP contribution < -0.4 is 19.7 Å². The molecule has 15 heteroatoms. The molecule has 1 aromatic heterocycles. The molecule has 3 aromatic rings. The van der Waals surface area contributed by atoms with Crippen LogP contribution in [0.3, 0.4) is 0 Å². The number of carbonyl (C=O) groups is 2. The molecule has 2 unspecified atom stereocenters. The molecule has 45 heavy (non-hydrogen) atoms. The van der Waals surface area contributed by atoms with E-state index in [0.29, 0.717) is 25.1 Å². The fourth-order valence-electron chi connectivity index (χ4n) is 4.01. The summed E-state index contributed by atoms with van der Waals surface area (Å²) in [6, 6.07) is 9.32. The zero-order valence-corrected chi connectivity index (χ0v) is 26.6. The zero-order valence-electron chi connectivity index (χ0n) is 25.8. The van der Waals surface area contributed by atoms with E-state index in [0.717, 1.165) is 24.3 Å². The van der Waals surface area contributed by atoms with Crippen LogP contribution in [0.2, 0.25) is 0 Å². The average Bonchev–Trinajstić information content (AvgIpc) is 2.99. The third-order valence-electron chi connectivity index (χ3n) is 6.48. The Kier molecular flexibility index (Phi) is 12.4. The van der Waals surface area contributed by atoms with Gasteiger partial charge in [-0.15, -0.1) is 0 Å². The fourth-order valence-corrected chi connectivity index (χ4v) is 5.06. The second-order valence-corrected chi connectivity index (χ2v) is 11.8. The Bertz CT molecular complexity index is 1540. The van der Waals surface area contributed by atoms with Gasteiger partial charge in [0.05, 0.1) is 11.1 Å². The summed E-state index contributed by atoms with van der Waals surface area (Å²) >= 11 is 0. The molecule has 12 nitrogen and oxygen atoms in total. The molecule has 0 saturated heterocycles. The zero-order chi connectivity index (χ0) is 33.1. The van der Waals surface area contributed by atoms with Gasteiger partial charge in [-0.2, -0.15) is 4.98 Å². The number of carbonyl (C=O) groups excluding carboxylic acids is 2. The third kappa shape index (κ3) is 9.99. The van der Waals surface area contributed by atoms with E-state index < -0.39 is 40.3 Å². The van der Waals surface area contributed by atoms with Gasteiger partial charge in [0, 0.05) is 40.0 Å². The molecule has 3 rings (SSSR count). The molecule has 0 radical (unpaired) electrons. The van der Waals surface area contributed by atoms with E-state index >= 15 is 0 Å². The van der Waals surface area contributed by atoms with Crippen LogP contribution in [0.15, 0.2) is 59.6 Å². The highest BCUT2D eigenvalue weighted by Gasteiger charge is 2.27. The maximum Gasteiger partial charge on any atom is 0.414 e. The lowest BCUT2D eigenvalue weighted by Crippen LogP contribution is -2.36. The van der Waals surface area contributed by atoms with Crippen molar-refractivity contribution in [3.05, 3.63) is 66.1 Å². The molecule has 0 aliphatic carbocycles. The minimum atomic E-state index is -4.23. The van der Waals surface area contributed by atoms with Crippen molar-refractivity contribution in [1.29, 1.82) is 0 Å². The number of anilines is 3. The Balaban J connectivity index is 2.00. The second-order valence-electron chi connectivity index (χ2n) is 10.1. The maximum atomic E-state index is 14.4. The summed E-state index contributed by atoms with van der Waals surface area (Å²) in [6.45, 7) is 6.59. The van der Waals surface area contributed by atoms with Gasteiger partial charge in [-0.1, -0.05) is 19.1 Å². The first kappa shape index (κ1) is 35.0. The van der Waals surface area contributed by atoms with Gasteiger partial charge in [0.2, 0.25) is 12.3 Å². The Morgan fingerprint density at radius 2 is 1.64 bits per heavy atom. The van der Waals surface area contributed by atoms with E-state index in [1.54, 1.807) is 45.3 Å². The van der Waals surface area contributed by atoms with E-state index in [1.807, 2.05) is 18.7 Å². The number of ether oxygens (including phenoxy) is 2. The topological polar surface area (TPSA) is 143 Å². The molecule has 244 valence electrons. The summed E-state index contributed by atoms with van der Waals surface area (Å²) < 4.78 is 66.9. The highest BCUT2D eigenvalue weighted by molar-refractivity contribution is 7.92. The molecule has 1 heterocycles. The SMILES string of the molecule is CCCC(F)OC(=O)C(Cc1ccc(OC(=O)N(C)C)cc1)Nc1nc(N(CC)CC)ncc1NS(=O)(=O)c1ccc(F)cc1. The molecule has 2 N–H and O–H groups in total. The first-order valence-corrected chi connectivity index (χ1v) is 15.8. The van der Waals surface area contributed by atoms with Crippen LogP contribution in [0.1, 0.15) is 39.2 Å². The number of nitrogens with zero attached hydrogens (tertiary/aromatic N) is 4. The Hall–Kier alpha value is -4.53. The number of hydrogen-bond donors (Lipinski definition) is 2. The van der Waals surface area contributed by atoms with Gasteiger partial charge in [-0.25, -0.2) is 31.8 Å². The van der Waals surface area contributed by atoms with Gasteiger partial charge >= 0.3 is 12.1 Å². The first-order chi connectivity index (χ1) is 21.4. The number of rotatable bonds is 15. The third-order valence-corrected chi connectivity index (χ3v) is 7.86. The standard InChI is InChI=1S/C30H38F2N6O6S/c1-6-9-26(32)44-28(39)24(18-20-10-14-22(15-11-20)43-30(40)37(4)5)34-27-25(19-33-29(35-27)38(7-2)8-3)36-45(41,42)23-16-12-21(31)13-17-23/h10-17,19,24,26,36H,6-9,18H2,1-5H3,(H,33,34,35). The monoisotopic (exact) mass is 648 g/mol. The number of esters is 1. The van der Waals surface area contributed by atoms with Crippen molar-refractivity contribution in [1.82, 2.24) is 14.9 Å². The summed E-state index contributed by atoms with van der Waals surface area (Å²) in [6.07, 6.45) is -0.781. The Morgan fingerprint density at radius 3 is 2.22 bits per heavy atom. The van der Waals surface area contributed by atoms with E-state index in [2.05, 4.69) is 20.0 Å². The van der Waals surface area contributed by atoms with E-state index in [4.69, 9.17) is 9.47 Å². The number of amides is 1. The van der Waals surface area contributed by atoms with Crippen LogP contribution in [-0.4, -0.2) is 74.9 Å². The van der Waals surface area contributed by atoms with Crippen LogP contribution in [0, 0.1) is 5.82 Å². The van der Waals surface area contributed by atoms with Gasteiger partial charge in [-0.3, -0.25) is 4.72 Å². The predicted octanol–water partition coefficient (Wildman–Crippen LogP) is 4.99. The highest BCUT2D eigenvalue weighted by atomic mass is 32.2. The molecule has 0 spiro atoms. The molecular formula is C30H38F2N6O6S. The molecule has 0 bridgehead atoms. The number of halogens is 2. The van der Waals surface area contributed by atoms with Gasteiger partial charge < -0.3 is 24.6 Å². The average molecular weight is 649 g/mol. The van der Waals surface area contributed by atoms with E-state index in [1.165, 1.54) is 11.1 Å². The lowest BCUT2D eigenvalue weighted by atomic mass is 10.1. The molecule has 0 fully saturated rings. The van der Waals surface area contributed by atoms with Crippen LogP contribution in [-0.2, 0) is 26.0 Å². The summed E-state index contributed by atoms with van der Waals surface area (Å²) in [4.78, 5) is 36.8. The number of hydrogen-bond acceptors (Lipinski definition) is 10. The van der Waals surface area contributed by atoms with E-state index in [9.17, 15) is 26.8 Å². The molecule has 1 amide bonds. The number of sulfonamides is 1. The molecule has 2 aromatic carbocycles. The second kappa shape index (κ2) is 16.0. The van der Waals surface area contributed by atoms with Crippen LogP contribution in [0.25, 0.3) is 0 Å². The smallest absolute Gasteiger partial charge is 0.414 e. The molecule has 0 aliphatic rings. The van der Waals surface area contributed by atoms with Crippen molar-refractivity contribution in [2.75, 3.05) is 42.1 Å². The number of benzene rings is 2. The molecule has 0 aliphatic heterocycles. The number of aromatic nitrogens is 2. The van der Waals surface area contributed by atoms with Gasteiger partial charge in [0.25, 0.3) is 10.0 Å². The quantitative estimate of drug-likeness (QED) is 0.217. The number of nitrogens with one attached hydrogen (secondary N) is 2. The summed E-state index contributed by atoms with van der Waals surface area (Å²) in [5, 5.41) is 2.93. The summed E-state index contributed by atoms with van der Waals surface area (Å²) in [5.41, 5.74) is 0.482. The first-order valence-electron chi connectivity index (χ1n) is 14.4. The summed E-state index contributed by atoms with van der Waals surface area (Å²) in [7, 11) is -1.14. The van der Waals surface area contributed by atoms with Crippen LogP contribution in [0.5, 0.6) is 5.75 Å². The summed E-state index contributed by atoms with van der Waals surface area (Å²) in [5.74, 6) is -1.09. The fraction of sp³-hybridized carbons (Fsp3) is 0.400. The predicted molar refractivity (Wildman–Crippen MR) is 166 cm³/mol. The normalized spacial score (nSPS) is 12.5. The van der Waals surface area contributed by atoms with Crippen molar-refractivity contribution in [3.8, 4) is 5.75 Å². The van der Waals surface area contributed by atoms with E-state index in [-0.39, 0.29) is 40.9 Å².